The molecule has 3 N–H and O–H groups in total. The first-order valence-corrected chi connectivity index (χ1v) is 9.96. The first-order chi connectivity index (χ1) is 15.3. The normalized spacial score (nSPS) is 11.0. The van der Waals surface area contributed by atoms with Gasteiger partial charge in [0.15, 0.2) is 11.6 Å². The highest BCUT2D eigenvalue weighted by Gasteiger charge is 2.22. The van der Waals surface area contributed by atoms with Crippen LogP contribution >= 0.6 is 0 Å². The Morgan fingerprint density at radius 2 is 1.75 bits per heavy atom. The molecule has 0 saturated carbocycles. The van der Waals surface area contributed by atoms with Crippen LogP contribution in [0.5, 0.6) is 0 Å². The van der Waals surface area contributed by atoms with Gasteiger partial charge in [0.25, 0.3) is 5.91 Å². The third kappa shape index (κ3) is 3.97. The van der Waals surface area contributed by atoms with E-state index in [1.165, 1.54) is 0 Å². The van der Waals surface area contributed by atoms with Gasteiger partial charge in [0.05, 0.1) is 5.69 Å². The molecule has 3 heterocycles. The van der Waals surface area contributed by atoms with Crippen molar-refractivity contribution in [3.8, 4) is 22.8 Å². The number of aromatic nitrogens is 6. The number of anilines is 1. The van der Waals surface area contributed by atoms with Gasteiger partial charge in [0.2, 0.25) is 5.91 Å². The first kappa shape index (κ1) is 20.9. The van der Waals surface area contributed by atoms with Gasteiger partial charge in [0, 0.05) is 42.0 Å². The minimum absolute atomic E-state index is 0.128. The summed E-state index contributed by atoms with van der Waals surface area (Å²) in [7, 11) is 1.75. The molecule has 0 aliphatic rings. The maximum Gasteiger partial charge on any atom is 0.257 e. The van der Waals surface area contributed by atoms with Gasteiger partial charge in [-0.1, -0.05) is 12.1 Å². The highest BCUT2D eigenvalue weighted by molar-refractivity contribution is 6.12. The van der Waals surface area contributed by atoms with Gasteiger partial charge in [-0.15, -0.1) is 10.2 Å². The molecule has 0 aliphatic heterocycles. The van der Waals surface area contributed by atoms with E-state index in [9.17, 15) is 9.59 Å². The summed E-state index contributed by atoms with van der Waals surface area (Å²) in [5, 5.41) is 15.1. The molecule has 0 radical (unpaired) electrons. The predicted molar refractivity (Wildman–Crippen MR) is 119 cm³/mol. The number of amides is 2. The molecule has 32 heavy (non-hydrogen) atoms. The van der Waals surface area contributed by atoms with Crippen LogP contribution in [0.4, 0.5) is 5.82 Å². The van der Waals surface area contributed by atoms with Gasteiger partial charge in [-0.2, -0.15) is 5.10 Å². The van der Waals surface area contributed by atoms with Gasteiger partial charge in [0.1, 0.15) is 12.0 Å². The molecule has 2 amide bonds. The van der Waals surface area contributed by atoms with Crippen molar-refractivity contribution >= 4 is 17.6 Å². The number of aryl methyl sites for hydroxylation is 1. The Bertz CT molecular complexity index is 1300. The molecule has 3 aromatic heterocycles. The molecule has 10 heteroatoms. The average Bonchev–Trinajstić information content (AvgIpc) is 3.42. The lowest BCUT2D eigenvalue weighted by Gasteiger charge is -2.14. The number of hydrogen-bond acceptors (Lipinski definition) is 6. The van der Waals surface area contributed by atoms with Crippen LogP contribution in [0.3, 0.4) is 0 Å². The number of benzene rings is 1. The number of hydrogen-bond donors (Lipinski definition) is 2. The maximum absolute atomic E-state index is 13.1. The van der Waals surface area contributed by atoms with Gasteiger partial charge in [-0.05, 0) is 38.1 Å². The van der Waals surface area contributed by atoms with Gasteiger partial charge in [-0.25, -0.2) is 4.98 Å². The third-order valence-corrected chi connectivity index (χ3v) is 4.89. The lowest BCUT2D eigenvalue weighted by molar-refractivity contribution is 0.100. The second-order valence-electron chi connectivity index (χ2n) is 7.48. The van der Waals surface area contributed by atoms with Gasteiger partial charge in [-0.3, -0.25) is 14.3 Å². The first-order valence-electron chi connectivity index (χ1n) is 9.96. The standard InChI is InChI=1S/C22H22N8O2/c1-13(2)30-12-24-27-21(30)17-9-5-8-16(25-17)19-14(20(23)31)6-4-7-15(19)22(32)26-18-10-11-29(3)28-18/h4-13H,1-3H3,(H2,23,31)(H,26,28,32). The summed E-state index contributed by atoms with van der Waals surface area (Å²) in [6.45, 7) is 4.03. The quantitative estimate of drug-likeness (QED) is 0.483. The summed E-state index contributed by atoms with van der Waals surface area (Å²) < 4.78 is 3.47. The molecule has 0 atom stereocenters. The van der Waals surface area contributed by atoms with Crippen LogP contribution in [0.15, 0.2) is 55.0 Å². The van der Waals surface area contributed by atoms with Crippen LogP contribution in [-0.2, 0) is 7.05 Å². The van der Waals surface area contributed by atoms with Crippen molar-refractivity contribution in [2.45, 2.75) is 19.9 Å². The Kier molecular flexibility index (Phi) is 5.50. The van der Waals surface area contributed by atoms with E-state index in [1.807, 2.05) is 18.4 Å². The molecule has 0 bridgehead atoms. The molecule has 4 rings (SSSR count). The minimum Gasteiger partial charge on any atom is -0.366 e. The number of nitrogens with one attached hydrogen (secondary N) is 1. The SMILES string of the molecule is CC(C)n1cnnc1-c1cccc(-c2c(C(N)=O)cccc2C(=O)Nc2ccn(C)n2)n1. The third-order valence-electron chi connectivity index (χ3n) is 4.89. The van der Waals surface area contributed by atoms with E-state index >= 15 is 0 Å². The number of pyridine rings is 1. The molecular weight excluding hydrogens is 408 g/mol. The van der Waals surface area contributed by atoms with E-state index in [0.717, 1.165) is 0 Å². The second-order valence-corrected chi connectivity index (χ2v) is 7.48. The Hall–Kier alpha value is -4.34. The molecular formula is C22H22N8O2. The number of nitrogens with two attached hydrogens (primary N) is 1. The van der Waals surface area contributed by atoms with E-state index in [1.54, 1.807) is 66.7 Å². The minimum atomic E-state index is -0.662. The van der Waals surface area contributed by atoms with Crippen molar-refractivity contribution in [3.63, 3.8) is 0 Å². The van der Waals surface area contributed by atoms with Crippen molar-refractivity contribution < 1.29 is 9.59 Å². The van der Waals surface area contributed by atoms with E-state index in [-0.39, 0.29) is 17.2 Å². The van der Waals surface area contributed by atoms with Crippen LogP contribution in [0, 0.1) is 0 Å². The Morgan fingerprint density at radius 3 is 2.44 bits per heavy atom. The molecule has 4 aromatic rings. The smallest absolute Gasteiger partial charge is 0.257 e. The fourth-order valence-corrected chi connectivity index (χ4v) is 3.39. The van der Waals surface area contributed by atoms with E-state index in [2.05, 4.69) is 20.6 Å². The number of rotatable bonds is 6. The molecule has 0 spiro atoms. The highest BCUT2D eigenvalue weighted by Crippen LogP contribution is 2.29. The fourth-order valence-electron chi connectivity index (χ4n) is 3.39. The molecule has 0 aliphatic carbocycles. The zero-order chi connectivity index (χ0) is 22.8. The Morgan fingerprint density at radius 1 is 1.03 bits per heavy atom. The summed E-state index contributed by atoms with van der Waals surface area (Å²) in [6, 6.07) is 11.9. The summed E-state index contributed by atoms with van der Waals surface area (Å²) in [5.41, 5.74) is 7.39. The monoisotopic (exact) mass is 430 g/mol. The van der Waals surface area contributed by atoms with E-state index in [4.69, 9.17) is 10.7 Å². The highest BCUT2D eigenvalue weighted by atomic mass is 16.2. The summed E-state index contributed by atoms with van der Waals surface area (Å²) in [6.07, 6.45) is 3.35. The molecule has 162 valence electrons. The van der Waals surface area contributed by atoms with Crippen molar-refractivity contribution in [2.24, 2.45) is 12.8 Å². The van der Waals surface area contributed by atoms with Crippen LogP contribution in [-0.4, -0.2) is 41.3 Å². The van der Waals surface area contributed by atoms with Gasteiger partial charge >= 0.3 is 0 Å². The van der Waals surface area contributed by atoms with Crippen molar-refractivity contribution in [1.82, 2.24) is 29.5 Å². The molecule has 0 fully saturated rings. The number of nitrogens with zero attached hydrogens (tertiary/aromatic N) is 6. The zero-order valence-corrected chi connectivity index (χ0v) is 17.9. The predicted octanol–water partition coefficient (Wildman–Crippen LogP) is 2.67. The summed E-state index contributed by atoms with van der Waals surface area (Å²) in [5.74, 6) is -0.123. The second kappa shape index (κ2) is 8.42. The number of primary amides is 1. The summed E-state index contributed by atoms with van der Waals surface area (Å²) in [4.78, 5) is 30.0. The Labute approximate surface area is 184 Å². The lowest BCUT2D eigenvalue weighted by atomic mass is 9.96. The lowest BCUT2D eigenvalue weighted by Crippen LogP contribution is -2.18. The Balaban J connectivity index is 1.83. The van der Waals surface area contributed by atoms with Crippen LogP contribution in [0.1, 0.15) is 40.6 Å². The largest absolute Gasteiger partial charge is 0.366 e. The van der Waals surface area contributed by atoms with Crippen molar-refractivity contribution in [1.29, 1.82) is 0 Å². The molecule has 10 nitrogen and oxygen atoms in total. The number of carbonyl (C=O) groups is 2. The number of carbonyl (C=O) groups excluding carboxylic acids is 2. The van der Waals surface area contributed by atoms with Crippen molar-refractivity contribution in [3.05, 3.63) is 66.1 Å². The topological polar surface area (TPSA) is 134 Å². The van der Waals surface area contributed by atoms with Gasteiger partial charge < -0.3 is 15.6 Å². The maximum atomic E-state index is 13.1. The summed E-state index contributed by atoms with van der Waals surface area (Å²) >= 11 is 0. The average molecular weight is 430 g/mol. The van der Waals surface area contributed by atoms with Crippen molar-refractivity contribution in [2.75, 3.05) is 5.32 Å². The zero-order valence-electron chi connectivity index (χ0n) is 17.9. The molecule has 0 unspecified atom stereocenters. The molecule has 1 aromatic carbocycles. The fraction of sp³-hybridized carbons (Fsp3) is 0.182. The molecule has 0 saturated heterocycles. The van der Waals surface area contributed by atoms with Crippen LogP contribution in [0.25, 0.3) is 22.8 Å². The van der Waals surface area contributed by atoms with E-state index < -0.39 is 11.8 Å². The van der Waals surface area contributed by atoms with Crippen LogP contribution < -0.4 is 11.1 Å². The van der Waals surface area contributed by atoms with E-state index in [0.29, 0.717) is 28.6 Å². The van der Waals surface area contributed by atoms with Crippen LogP contribution in [0.2, 0.25) is 0 Å².